The van der Waals surface area contributed by atoms with Crippen molar-refractivity contribution < 1.29 is 49.3 Å². The molecule has 2 aromatic carbocycles. The predicted molar refractivity (Wildman–Crippen MR) is 128 cm³/mol. The molecule has 2 aromatic rings. The van der Waals surface area contributed by atoms with Crippen LogP contribution in [0.4, 0.5) is 0 Å². The van der Waals surface area contributed by atoms with Gasteiger partial charge in [-0.05, 0) is 60.1 Å². The number of aliphatic hydroxyl groups excluding tert-OH is 3. The third-order valence-corrected chi connectivity index (χ3v) is 6.62. The molecule has 0 amide bonds. The van der Waals surface area contributed by atoms with Crippen LogP contribution in [0.25, 0.3) is 0 Å². The molecule has 10 heteroatoms. The van der Waals surface area contributed by atoms with Gasteiger partial charge in [0.1, 0.15) is 18.3 Å². The Bertz CT molecular complexity index is 1040. The van der Waals surface area contributed by atoms with Crippen molar-refractivity contribution >= 4 is 5.97 Å². The largest absolute Gasteiger partial charge is 0.504 e. The summed E-state index contributed by atoms with van der Waals surface area (Å²) in [5, 5.41) is 49.5. The first kappa shape index (κ1) is 27.5. The normalized spacial score (nSPS) is 25.6. The van der Waals surface area contributed by atoms with E-state index in [2.05, 4.69) is 13.8 Å². The van der Waals surface area contributed by atoms with Crippen molar-refractivity contribution in [3.8, 4) is 23.0 Å². The highest BCUT2D eigenvalue weighted by Crippen LogP contribution is 2.34. The smallest absolute Gasteiger partial charge is 0.335 e. The van der Waals surface area contributed by atoms with E-state index in [-0.39, 0.29) is 23.3 Å². The van der Waals surface area contributed by atoms with Crippen LogP contribution in [0, 0.1) is 11.8 Å². The summed E-state index contributed by atoms with van der Waals surface area (Å²) in [6, 6.07) is 10.6. The fourth-order valence-electron chi connectivity index (χ4n) is 4.21. The van der Waals surface area contributed by atoms with Gasteiger partial charge in [-0.3, -0.25) is 0 Å². The number of phenols is 1. The third kappa shape index (κ3) is 6.19. The molecule has 1 fully saturated rings. The number of aliphatic hydroxyl groups is 3. The van der Waals surface area contributed by atoms with Gasteiger partial charge in [0, 0.05) is 0 Å². The molecule has 1 aliphatic heterocycles. The predicted octanol–water partition coefficient (Wildman–Crippen LogP) is 1.74. The number of rotatable bonds is 10. The number of benzene rings is 2. The maximum Gasteiger partial charge on any atom is 0.335 e. The highest BCUT2D eigenvalue weighted by atomic mass is 16.7. The van der Waals surface area contributed by atoms with Crippen molar-refractivity contribution in [2.45, 2.75) is 57.4 Å². The lowest BCUT2D eigenvalue weighted by atomic mass is 9.85. The number of aliphatic carboxylic acids is 1. The number of hydrogen-bond acceptors (Lipinski definition) is 9. The van der Waals surface area contributed by atoms with Gasteiger partial charge in [0.05, 0.1) is 14.2 Å². The summed E-state index contributed by atoms with van der Waals surface area (Å²) in [4.78, 5) is 11.3. The summed E-state index contributed by atoms with van der Waals surface area (Å²) in [7, 11) is 3.19. The number of phenolic OH excluding ortho intramolecular Hbond substituents is 1. The molecule has 0 bridgehead atoms. The van der Waals surface area contributed by atoms with Crippen molar-refractivity contribution in [3.05, 3.63) is 47.5 Å². The van der Waals surface area contributed by atoms with Crippen LogP contribution in [0.3, 0.4) is 0 Å². The van der Waals surface area contributed by atoms with Crippen LogP contribution in [0.5, 0.6) is 23.0 Å². The molecule has 1 aliphatic rings. The SMILES string of the molecule is COc1ccc(C[C@@H](C)[C@@H](C)Cc2ccc(O)c(O[C@H]3O[C@@H](C(=O)O)[C@H](O)[C@@H](O)[C@@H]3O)c2)cc1OC. The molecule has 0 spiro atoms. The molecule has 198 valence electrons. The van der Waals surface area contributed by atoms with E-state index in [4.69, 9.17) is 18.9 Å². The Morgan fingerprint density at radius 1 is 0.861 bits per heavy atom. The van der Waals surface area contributed by atoms with Gasteiger partial charge in [0.2, 0.25) is 6.29 Å². The number of carboxylic acid groups (broad SMARTS) is 1. The van der Waals surface area contributed by atoms with Gasteiger partial charge in [-0.1, -0.05) is 26.0 Å². The Labute approximate surface area is 209 Å². The van der Waals surface area contributed by atoms with Crippen molar-refractivity contribution in [1.29, 1.82) is 0 Å². The molecular weight excluding hydrogens is 472 g/mol. The fraction of sp³-hybridized carbons (Fsp3) is 0.500. The monoisotopic (exact) mass is 506 g/mol. The van der Waals surface area contributed by atoms with Crippen LogP contribution >= 0.6 is 0 Å². The Balaban J connectivity index is 1.69. The lowest BCUT2D eigenvalue weighted by Crippen LogP contribution is -2.61. The quantitative estimate of drug-likeness (QED) is 0.322. The zero-order valence-corrected chi connectivity index (χ0v) is 20.7. The summed E-state index contributed by atoms with van der Waals surface area (Å²) in [5.41, 5.74) is 1.95. The zero-order chi connectivity index (χ0) is 26.6. The van der Waals surface area contributed by atoms with Gasteiger partial charge in [0.15, 0.2) is 29.1 Å². The average Bonchev–Trinajstić information content (AvgIpc) is 2.85. The maximum absolute atomic E-state index is 11.3. The minimum absolute atomic E-state index is 0.0379. The lowest BCUT2D eigenvalue weighted by molar-refractivity contribution is -0.271. The standard InChI is InChI=1S/C26H34O10/c1-13(14(2)10-16-6-8-18(33-3)20(12-16)34-4)9-15-5-7-17(27)19(11-15)35-26-23(30)21(28)22(29)24(36-26)25(31)32/h5-8,11-14,21-24,26-30H,9-10H2,1-4H3,(H,31,32)/t13-,14+,21+,22+,23-,24+,26-/m0/s1. The van der Waals surface area contributed by atoms with Gasteiger partial charge < -0.3 is 44.5 Å². The molecule has 1 saturated heterocycles. The van der Waals surface area contributed by atoms with E-state index in [0.29, 0.717) is 17.9 Å². The Kier molecular flexibility index (Phi) is 9.02. The molecule has 0 aromatic heterocycles. The minimum Gasteiger partial charge on any atom is -0.504 e. The topological polar surface area (TPSA) is 155 Å². The molecule has 36 heavy (non-hydrogen) atoms. The molecule has 1 heterocycles. The van der Waals surface area contributed by atoms with Gasteiger partial charge in [-0.2, -0.15) is 0 Å². The first-order chi connectivity index (χ1) is 17.0. The second-order valence-electron chi connectivity index (χ2n) is 9.21. The molecular formula is C26H34O10. The Morgan fingerprint density at radius 3 is 1.97 bits per heavy atom. The number of aromatic hydroxyl groups is 1. The van der Waals surface area contributed by atoms with Crippen LogP contribution in [0.1, 0.15) is 25.0 Å². The van der Waals surface area contributed by atoms with E-state index in [1.165, 1.54) is 6.07 Å². The highest BCUT2D eigenvalue weighted by molar-refractivity contribution is 5.73. The van der Waals surface area contributed by atoms with Gasteiger partial charge >= 0.3 is 5.97 Å². The summed E-state index contributed by atoms with van der Waals surface area (Å²) < 4.78 is 21.4. The minimum atomic E-state index is -1.83. The number of methoxy groups -OCH3 is 2. The van der Waals surface area contributed by atoms with E-state index in [9.17, 15) is 30.3 Å². The van der Waals surface area contributed by atoms with E-state index >= 15 is 0 Å². The van der Waals surface area contributed by atoms with Crippen molar-refractivity contribution in [2.24, 2.45) is 11.8 Å². The van der Waals surface area contributed by atoms with Crippen molar-refractivity contribution in [1.82, 2.24) is 0 Å². The van der Waals surface area contributed by atoms with E-state index < -0.39 is 36.7 Å². The third-order valence-electron chi connectivity index (χ3n) is 6.62. The van der Waals surface area contributed by atoms with Crippen LogP contribution in [0.2, 0.25) is 0 Å². The summed E-state index contributed by atoms with van der Waals surface area (Å²) in [6.07, 6.45) is -7.29. The fourth-order valence-corrected chi connectivity index (χ4v) is 4.21. The molecule has 3 rings (SSSR count). The van der Waals surface area contributed by atoms with Crippen molar-refractivity contribution in [2.75, 3.05) is 14.2 Å². The first-order valence-electron chi connectivity index (χ1n) is 11.7. The summed E-state index contributed by atoms with van der Waals surface area (Å²) in [5.74, 6) is 0.0694. The van der Waals surface area contributed by atoms with Gasteiger partial charge in [-0.15, -0.1) is 0 Å². The second kappa shape index (κ2) is 11.8. The van der Waals surface area contributed by atoms with Crippen LogP contribution < -0.4 is 14.2 Å². The molecule has 7 atom stereocenters. The maximum atomic E-state index is 11.3. The molecule has 0 saturated carbocycles. The van der Waals surface area contributed by atoms with Gasteiger partial charge in [-0.25, -0.2) is 4.79 Å². The molecule has 10 nitrogen and oxygen atoms in total. The van der Waals surface area contributed by atoms with E-state index in [1.807, 2.05) is 18.2 Å². The van der Waals surface area contributed by atoms with Crippen LogP contribution in [0.15, 0.2) is 36.4 Å². The summed E-state index contributed by atoms with van der Waals surface area (Å²) >= 11 is 0. The second-order valence-corrected chi connectivity index (χ2v) is 9.21. The average molecular weight is 507 g/mol. The Hall–Kier alpha value is -3.05. The lowest BCUT2D eigenvalue weighted by Gasteiger charge is -2.38. The molecule has 5 N–H and O–H groups in total. The van der Waals surface area contributed by atoms with Gasteiger partial charge in [0.25, 0.3) is 0 Å². The number of ether oxygens (including phenoxy) is 4. The van der Waals surface area contributed by atoms with Crippen LogP contribution in [-0.2, 0) is 22.4 Å². The van der Waals surface area contributed by atoms with E-state index in [1.54, 1.807) is 26.4 Å². The zero-order valence-electron chi connectivity index (χ0n) is 20.7. The van der Waals surface area contributed by atoms with Crippen molar-refractivity contribution in [3.63, 3.8) is 0 Å². The number of carboxylic acids is 1. The Morgan fingerprint density at radius 2 is 1.42 bits per heavy atom. The summed E-state index contributed by atoms with van der Waals surface area (Å²) in [6.45, 7) is 4.26. The molecule has 0 aliphatic carbocycles. The highest BCUT2D eigenvalue weighted by Gasteiger charge is 2.48. The number of hydrogen-bond donors (Lipinski definition) is 5. The number of carbonyl (C=O) groups is 1. The molecule has 0 radical (unpaired) electrons. The van der Waals surface area contributed by atoms with E-state index in [0.717, 1.165) is 17.5 Å². The molecule has 0 unspecified atom stereocenters. The first-order valence-corrected chi connectivity index (χ1v) is 11.7. The van der Waals surface area contributed by atoms with Crippen LogP contribution in [-0.4, -0.2) is 76.4 Å².